The monoisotopic (exact) mass is 586 g/mol. The molecular formula is C28H28Cl2N4O4S. The molecule has 2 aromatic carbocycles. The van der Waals surface area contributed by atoms with E-state index in [2.05, 4.69) is 10.1 Å². The molecule has 2 heterocycles. The summed E-state index contributed by atoms with van der Waals surface area (Å²) in [5.74, 6) is 0.488. The zero-order valence-corrected chi connectivity index (χ0v) is 24.3. The number of aromatic nitrogens is 3. The van der Waals surface area contributed by atoms with E-state index in [-0.39, 0.29) is 29.0 Å². The van der Waals surface area contributed by atoms with Gasteiger partial charge in [-0.3, -0.25) is 9.69 Å². The maximum atomic E-state index is 13.5. The van der Waals surface area contributed by atoms with Crippen molar-refractivity contribution in [2.45, 2.75) is 27.2 Å². The molecule has 0 radical (unpaired) electrons. The lowest BCUT2D eigenvalue weighted by Gasteiger charge is -2.14. The van der Waals surface area contributed by atoms with Gasteiger partial charge in [0, 0.05) is 29.4 Å². The molecule has 0 unspecified atom stereocenters. The highest BCUT2D eigenvalue weighted by atomic mass is 35.5. The third kappa shape index (κ3) is 6.61. The number of amides is 1. The highest BCUT2D eigenvalue weighted by Crippen LogP contribution is 2.34. The minimum atomic E-state index is -3.72. The van der Waals surface area contributed by atoms with E-state index in [4.69, 9.17) is 27.4 Å². The summed E-state index contributed by atoms with van der Waals surface area (Å²) in [4.78, 5) is 19.2. The van der Waals surface area contributed by atoms with E-state index in [0.29, 0.717) is 44.8 Å². The number of nitrogens with zero attached hydrogens (tertiary/aromatic N) is 4. The maximum Gasteiger partial charge on any atom is 0.309 e. The Morgan fingerprint density at radius 1 is 1.08 bits per heavy atom. The van der Waals surface area contributed by atoms with Crippen LogP contribution in [-0.2, 0) is 10.1 Å². The topological polar surface area (TPSA) is 94.4 Å². The summed E-state index contributed by atoms with van der Waals surface area (Å²) in [6.45, 7) is 5.70. The molecule has 1 amide bonds. The molecule has 0 aliphatic heterocycles. The van der Waals surface area contributed by atoms with E-state index in [1.54, 1.807) is 85.5 Å². The lowest BCUT2D eigenvalue weighted by molar-refractivity contribution is 0.0986. The van der Waals surface area contributed by atoms with Gasteiger partial charge in [-0.15, -0.1) is 0 Å². The van der Waals surface area contributed by atoms with Gasteiger partial charge < -0.3 is 4.18 Å². The lowest BCUT2D eigenvalue weighted by Crippen LogP contribution is -2.28. The second-order valence-electron chi connectivity index (χ2n) is 9.43. The van der Waals surface area contributed by atoms with Crippen molar-refractivity contribution < 1.29 is 17.4 Å². The predicted octanol–water partition coefficient (Wildman–Crippen LogP) is 6.58. The highest BCUT2D eigenvalue weighted by Gasteiger charge is 2.26. The zero-order chi connectivity index (χ0) is 28.3. The van der Waals surface area contributed by atoms with E-state index in [1.165, 1.54) is 4.90 Å². The number of rotatable bonds is 9. The van der Waals surface area contributed by atoms with Crippen LogP contribution in [0.25, 0.3) is 16.9 Å². The first kappa shape index (κ1) is 28.6. The van der Waals surface area contributed by atoms with E-state index < -0.39 is 10.1 Å². The molecule has 204 valence electrons. The third-order valence-corrected chi connectivity index (χ3v) is 7.78. The number of pyridine rings is 1. The van der Waals surface area contributed by atoms with Crippen molar-refractivity contribution in [2.75, 3.05) is 17.7 Å². The number of anilines is 1. The van der Waals surface area contributed by atoms with E-state index in [0.717, 1.165) is 0 Å². The molecule has 0 saturated heterocycles. The first-order chi connectivity index (χ1) is 18.5. The van der Waals surface area contributed by atoms with Gasteiger partial charge in [0.15, 0.2) is 5.69 Å². The number of carbonyl (C=O) groups excluding carboxylic acids is 1. The van der Waals surface area contributed by atoms with Gasteiger partial charge in [-0.1, -0.05) is 43.1 Å². The summed E-state index contributed by atoms with van der Waals surface area (Å²) in [6, 6.07) is 16.9. The van der Waals surface area contributed by atoms with Crippen LogP contribution in [0.1, 0.15) is 36.3 Å². The summed E-state index contributed by atoms with van der Waals surface area (Å²) in [7, 11) is -2.09. The van der Waals surface area contributed by atoms with Crippen LogP contribution in [0.15, 0.2) is 66.9 Å². The quantitative estimate of drug-likeness (QED) is 0.205. The molecule has 0 bridgehead atoms. The fourth-order valence-corrected chi connectivity index (χ4v) is 5.65. The minimum Gasteiger partial charge on any atom is -0.382 e. The Bertz CT molecular complexity index is 1590. The van der Waals surface area contributed by atoms with Crippen molar-refractivity contribution in [3.05, 3.63) is 88.2 Å². The fraction of sp³-hybridized carbons (Fsp3) is 0.250. The molecule has 0 aliphatic rings. The summed E-state index contributed by atoms with van der Waals surface area (Å²) >= 11 is 12.7. The molecule has 0 N–H and O–H groups in total. The molecule has 39 heavy (non-hydrogen) atoms. The van der Waals surface area contributed by atoms with Crippen LogP contribution in [0.5, 0.6) is 5.75 Å². The molecule has 0 atom stereocenters. The summed E-state index contributed by atoms with van der Waals surface area (Å²) in [5, 5.41) is 5.46. The SMILES string of the molecule is Cc1c(C(=O)N(C)c2ccccn2)nn(-c2ccc(Cl)cc2Cl)c1-c1ccc(OS(=O)(=O)CCC(C)C)cc1. The van der Waals surface area contributed by atoms with Crippen LogP contribution >= 0.6 is 23.2 Å². The molecule has 0 aliphatic carbocycles. The number of halogens is 2. The Morgan fingerprint density at radius 3 is 2.41 bits per heavy atom. The Balaban J connectivity index is 1.76. The largest absolute Gasteiger partial charge is 0.382 e. The average Bonchev–Trinajstić information content (AvgIpc) is 3.24. The summed E-state index contributed by atoms with van der Waals surface area (Å²) in [5.41, 5.74) is 2.62. The molecule has 8 nitrogen and oxygen atoms in total. The third-order valence-electron chi connectivity index (χ3n) is 6.06. The summed E-state index contributed by atoms with van der Waals surface area (Å²) < 4.78 is 31.6. The second kappa shape index (κ2) is 11.8. The van der Waals surface area contributed by atoms with Crippen molar-refractivity contribution in [3.8, 4) is 22.7 Å². The molecule has 4 aromatic rings. The van der Waals surface area contributed by atoms with Gasteiger partial charge in [-0.2, -0.15) is 13.5 Å². The number of benzene rings is 2. The van der Waals surface area contributed by atoms with Gasteiger partial charge in [0.25, 0.3) is 5.91 Å². The van der Waals surface area contributed by atoms with Gasteiger partial charge in [0.1, 0.15) is 11.6 Å². The molecule has 4 rings (SSSR count). The van der Waals surface area contributed by atoms with Crippen LogP contribution in [0.3, 0.4) is 0 Å². The standard InChI is InChI=1S/C28H28Cl2N4O4S/c1-18(2)14-16-39(36,37)38-22-11-8-20(9-12-22)27-19(3)26(28(35)33(4)25-7-5-6-15-31-25)32-34(27)24-13-10-21(29)17-23(24)30/h5-13,15,17-18H,14,16H2,1-4H3. The van der Waals surface area contributed by atoms with Crippen LogP contribution < -0.4 is 9.08 Å². The van der Waals surface area contributed by atoms with Crippen molar-refractivity contribution in [1.82, 2.24) is 14.8 Å². The fourth-order valence-electron chi connectivity index (χ4n) is 3.92. The molecule has 2 aromatic heterocycles. The van der Waals surface area contributed by atoms with Crippen molar-refractivity contribution in [1.29, 1.82) is 0 Å². The van der Waals surface area contributed by atoms with Gasteiger partial charge in [-0.25, -0.2) is 9.67 Å². The van der Waals surface area contributed by atoms with Crippen LogP contribution in [0, 0.1) is 12.8 Å². The van der Waals surface area contributed by atoms with Crippen LogP contribution in [0.4, 0.5) is 5.82 Å². The Hall–Kier alpha value is -3.40. The molecule has 11 heteroatoms. The van der Waals surface area contributed by atoms with E-state index in [9.17, 15) is 13.2 Å². The predicted molar refractivity (Wildman–Crippen MR) is 155 cm³/mol. The van der Waals surface area contributed by atoms with Crippen LogP contribution in [0.2, 0.25) is 10.0 Å². The van der Waals surface area contributed by atoms with Gasteiger partial charge in [0.2, 0.25) is 0 Å². The zero-order valence-electron chi connectivity index (χ0n) is 21.9. The number of carbonyl (C=O) groups is 1. The van der Waals surface area contributed by atoms with E-state index in [1.807, 2.05) is 13.8 Å². The second-order valence-corrected chi connectivity index (χ2v) is 12.0. The van der Waals surface area contributed by atoms with Gasteiger partial charge in [0.05, 0.1) is 22.2 Å². The molecule has 0 spiro atoms. The highest BCUT2D eigenvalue weighted by molar-refractivity contribution is 7.87. The average molecular weight is 588 g/mol. The van der Waals surface area contributed by atoms with Gasteiger partial charge in [-0.05, 0) is 73.9 Å². The van der Waals surface area contributed by atoms with Crippen molar-refractivity contribution in [2.24, 2.45) is 5.92 Å². The first-order valence-electron chi connectivity index (χ1n) is 12.2. The molecule has 0 saturated carbocycles. The van der Waals surface area contributed by atoms with Gasteiger partial charge >= 0.3 is 10.1 Å². The Kier molecular flexibility index (Phi) is 8.64. The molecule has 0 fully saturated rings. The summed E-state index contributed by atoms with van der Waals surface area (Å²) in [6.07, 6.45) is 2.11. The smallest absolute Gasteiger partial charge is 0.309 e. The maximum absolute atomic E-state index is 13.5. The number of hydrogen-bond acceptors (Lipinski definition) is 6. The minimum absolute atomic E-state index is 0.0668. The normalized spacial score (nSPS) is 11.6. The van der Waals surface area contributed by atoms with Crippen LogP contribution in [-0.4, -0.2) is 41.9 Å². The lowest BCUT2D eigenvalue weighted by atomic mass is 10.1. The van der Waals surface area contributed by atoms with Crippen molar-refractivity contribution >= 4 is 45.0 Å². The number of hydrogen-bond donors (Lipinski definition) is 0. The molecular weight excluding hydrogens is 559 g/mol. The van der Waals surface area contributed by atoms with E-state index >= 15 is 0 Å². The first-order valence-corrected chi connectivity index (χ1v) is 14.6. The Morgan fingerprint density at radius 2 is 1.79 bits per heavy atom. The van der Waals surface area contributed by atoms with Crippen molar-refractivity contribution in [3.63, 3.8) is 0 Å². The Labute approximate surface area is 238 Å².